The zero-order valence-corrected chi connectivity index (χ0v) is 15.4. The van der Waals surface area contributed by atoms with E-state index >= 15 is 0 Å². The number of benzene rings is 2. The first-order valence-corrected chi connectivity index (χ1v) is 9.37. The average Bonchev–Trinajstić information content (AvgIpc) is 2.68. The van der Waals surface area contributed by atoms with Crippen LogP contribution in [-0.2, 0) is 16.0 Å². The van der Waals surface area contributed by atoms with E-state index in [4.69, 9.17) is 9.47 Å². The zero-order chi connectivity index (χ0) is 18.2. The summed E-state index contributed by atoms with van der Waals surface area (Å²) >= 11 is 0. The van der Waals surface area contributed by atoms with Gasteiger partial charge in [-0.2, -0.15) is 0 Å². The summed E-state index contributed by atoms with van der Waals surface area (Å²) in [4.78, 5) is 12.2. The summed E-state index contributed by atoms with van der Waals surface area (Å²) < 4.78 is 11.2. The second-order valence-electron chi connectivity index (χ2n) is 6.81. The Kier molecular flexibility index (Phi) is 6.67. The van der Waals surface area contributed by atoms with E-state index in [0.29, 0.717) is 0 Å². The summed E-state index contributed by atoms with van der Waals surface area (Å²) in [5.74, 6) is 0.719. The largest absolute Gasteiger partial charge is 0.496 e. The number of hydrogen-bond acceptors (Lipinski definition) is 3. The predicted molar refractivity (Wildman–Crippen MR) is 104 cm³/mol. The van der Waals surface area contributed by atoms with E-state index in [-0.39, 0.29) is 18.6 Å². The molecule has 0 spiro atoms. The molecule has 0 saturated heterocycles. The Morgan fingerprint density at radius 2 is 1.85 bits per heavy atom. The molecule has 2 aromatic rings. The second-order valence-corrected chi connectivity index (χ2v) is 6.81. The van der Waals surface area contributed by atoms with Gasteiger partial charge >= 0.3 is 0 Å². The van der Waals surface area contributed by atoms with Crippen LogP contribution in [-0.4, -0.2) is 25.7 Å². The number of nitrogens with one attached hydrogen (secondary N) is 1. The molecule has 0 aliphatic heterocycles. The van der Waals surface area contributed by atoms with Gasteiger partial charge in [-0.3, -0.25) is 4.79 Å². The maximum absolute atomic E-state index is 12.2. The first kappa shape index (κ1) is 18.5. The number of amides is 1. The van der Waals surface area contributed by atoms with Crippen LogP contribution in [0.5, 0.6) is 5.75 Å². The molecule has 4 nitrogen and oxygen atoms in total. The molecule has 0 heterocycles. The highest BCUT2D eigenvalue weighted by Gasteiger charge is 2.15. The average molecular weight is 353 g/mol. The molecule has 3 rings (SSSR count). The van der Waals surface area contributed by atoms with Crippen LogP contribution in [0.4, 0.5) is 5.69 Å². The number of carbonyl (C=O) groups excluding carboxylic acids is 1. The lowest BCUT2D eigenvalue weighted by Crippen LogP contribution is -2.24. The number of rotatable bonds is 7. The van der Waals surface area contributed by atoms with Gasteiger partial charge in [0.2, 0.25) is 5.91 Å². The molecule has 1 aliphatic carbocycles. The van der Waals surface area contributed by atoms with Gasteiger partial charge in [0.05, 0.1) is 13.2 Å². The second kappa shape index (κ2) is 9.39. The van der Waals surface area contributed by atoms with Crippen molar-refractivity contribution in [2.75, 3.05) is 19.0 Å². The minimum absolute atomic E-state index is 0.105. The van der Waals surface area contributed by atoms with Crippen molar-refractivity contribution in [2.45, 2.75) is 44.6 Å². The molecule has 1 N–H and O–H groups in total. The topological polar surface area (TPSA) is 47.6 Å². The maximum Gasteiger partial charge on any atom is 0.250 e. The highest BCUT2D eigenvalue weighted by Crippen LogP contribution is 2.25. The summed E-state index contributed by atoms with van der Waals surface area (Å²) in [5, 5.41) is 2.94. The van der Waals surface area contributed by atoms with Crippen molar-refractivity contribution in [3.8, 4) is 5.75 Å². The van der Waals surface area contributed by atoms with Gasteiger partial charge in [-0.25, -0.2) is 0 Å². The molecule has 0 bridgehead atoms. The molecular formula is C22H27NO3. The Morgan fingerprint density at radius 1 is 1.08 bits per heavy atom. The Labute approximate surface area is 155 Å². The monoisotopic (exact) mass is 353 g/mol. The van der Waals surface area contributed by atoms with Gasteiger partial charge in [0.15, 0.2) is 0 Å². The molecule has 1 amide bonds. The van der Waals surface area contributed by atoms with Crippen LogP contribution in [0.2, 0.25) is 0 Å². The van der Waals surface area contributed by atoms with Gasteiger partial charge in [0.1, 0.15) is 12.4 Å². The van der Waals surface area contributed by atoms with Crippen LogP contribution in [0.3, 0.4) is 0 Å². The fourth-order valence-electron chi connectivity index (χ4n) is 3.43. The third-order valence-corrected chi connectivity index (χ3v) is 4.80. The molecule has 0 radical (unpaired) electrons. The lowest BCUT2D eigenvalue weighted by atomic mass is 9.98. The number of carbonyl (C=O) groups is 1. The minimum Gasteiger partial charge on any atom is -0.496 e. The molecule has 1 saturated carbocycles. The smallest absolute Gasteiger partial charge is 0.250 e. The molecule has 1 aliphatic rings. The fraction of sp³-hybridized carbons (Fsp3) is 0.409. The molecule has 138 valence electrons. The number of anilines is 1. The van der Waals surface area contributed by atoms with Crippen LogP contribution in [0.25, 0.3) is 0 Å². The summed E-state index contributed by atoms with van der Waals surface area (Å²) in [5.41, 5.74) is 3.02. The highest BCUT2D eigenvalue weighted by molar-refractivity contribution is 5.91. The minimum atomic E-state index is -0.105. The lowest BCUT2D eigenvalue weighted by molar-refractivity contribution is -0.123. The van der Waals surface area contributed by atoms with Crippen molar-refractivity contribution in [1.29, 1.82) is 0 Å². The summed E-state index contributed by atoms with van der Waals surface area (Å²) in [6.45, 7) is 0.116. The van der Waals surface area contributed by atoms with E-state index in [2.05, 4.69) is 17.4 Å². The Bertz CT molecular complexity index is 709. The van der Waals surface area contributed by atoms with Crippen LogP contribution in [0.15, 0.2) is 48.5 Å². The van der Waals surface area contributed by atoms with Crippen LogP contribution in [0.1, 0.15) is 43.2 Å². The molecule has 0 aromatic heterocycles. The first-order chi connectivity index (χ1) is 12.7. The fourth-order valence-corrected chi connectivity index (χ4v) is 3.43. The van der Waals surface area contributed by atoms with E-state index in [1.54, 1.807) is 7.11 Å². The van der Waals surface area contributed by atoms with Crippen LogP contribution in [0, 0.1) is 0 Å². The zero-order valence-electron chi connectivity index (χ0n) is 15.4. The summed E-state index contributed by atoms with van der Waals surface area (Å²) in [6, 6.07) is 16.0. The van der Waals surface area contributed by atoms with Gasteiger partial charge in [0.25, 0.3) is 0 Å². The van der Waals surface area contributed by atoms with Gasteiger partial charge in [-0.05, 0) is 36.6 Å². The third-order valence-electron chi connectivity index (χ3n) is 4.80. The number of methoxy groups -OCH3 is 1. The molecule has 0 atom stereocenters. The first-order valence-electron chi connectivity index (χ1n) is 9.37. The SMILES string of the molecule is COc1ccc(NC(=O)COC2CCCCC2)cc1Cc1ccccc1. The van der Waals surface area contributed by atoms with E-state index < -0.39 is 0 Å². The summed E-state index contributed by atoms with van der Waals surface area (Å²) in [7, 11) is 1.67. The number of hydrogen-bond donors (Lipinski definition) is 1. The maximum atomic E-state index is 12.2. The lowest BCUT2D eigenvalue weighted by Gasteiger charge is -2.21. The normalized spacial score (nSPS) is 14.8. The molecule has 0 unspecified atom stereocenters. The van der Waals surface area contributed by atoms with Crippen molar-refractivity contribution in [3.05, 3.63) is 59.7 Å². The molecule has 2 aromatic carbocycles. The summed E-state index contributed by atoms with van der Waals surface area (Å²) in [6.07, 6.45) is 6.81. The van der Waals surface area contributed by atoms with Crippen molar-refractivity contribution in [1.82, 2.24) is 0 Å². The molecule has 26 heavy (non-hydrogen) atoms. The van der Waals surface area contributed by atoms with Crippen molar-refractivity contribution in [2.24, 2.45) is 0 Å². The molecule has 4 heteroatoms. The standard InChI is InChI=1S/C22H27NO3/c1-25-21-13-12-19(15-18(21)14-17-8-4-2-5-9-17)23-22(24)16-26-20-10-6-3-7-11-20/h2,4-5,8-9,12-13,15,20H,3,6-7,10-11,14,16H2,1H3,(H,23,24). The van der Waals surface area contributed by atoms with Gasteiger partial charge < -0.3 is 14.8 Å². The number of ether oxygens (including phenoxy) is 2. The molecular weight excluding hydrogens is 326 g/mol. The Morgan fingerprint density at radius 3 is 2.58 bits per heavy atom. The van der Waals surface area contributed by atoms with Crippen LogP contribution < -0.4 is 10.1 Å². The van der Waals surface area contributed by atoms with Crippen molar-refractivity contribution >= 4 is 11.6 Å². The van der Waals surface area contributed by atoms with E-state index in [9.17, 15) is 4.79 Å². The van der Waals surface area contributed by atoms with Gasteiger partial charge in [-0.1, -0.05) is 49.6 Å². The van der Waals surface area contributed by atoms with E-state index in [1.807, 2.05) is 36.4 Å². The van der Waals surface area contributed by atoms with Crippen LogP contribution >= 0.6 is 0 Å². The Balaban J connectivity index is 1.60. The van der Waals surface area contributed by atoms with Gasteiger partial charge in [-0.15, -0.1) is 0 Å². The van der Waals surface area contributed by atoms with Crippen molar-refractivity contribution in [3.63, 3.8) is 0 Å². The third kappa shape index (κ3) is 5.33. The Hall–Kier alpha value is -2.33. The highest BCUT2D eigenvalue weighted by atomic mass is 16.5. The van der Waals surface area contributed by atoms with E-state index in [1.165, 1.54) is 24.8 Å². The quantitative estimate of drug-likeness (QED) is 0.793. The van der Waals surface area contributed by atoms with Crippen molar-refractivity contribution < 1.29 is 14.3 Å². The molecule has 1 fully saturated rings. The predicted octanol–water partition coefficient (Wildman–Crippen LogP) is 4.57. The van der Waals surface area contributed by atoms with E-state index in [0.717, 1.165) is 36.3 Å². The van der Waals surface area contributed by atoms with Gasteiger partial charge in [0, 0.05) is 17.7 Å².